The van der Waals surface area contributed by atoms with Crippen molar-refractivity contribution in [3.8, 4) is 10.4 Å². The molecule has 0 unspecified atom stereocenters. The average molecular weight is 495 g/mol. The Morgan fingerprint density at radius 3 is 2.83 bits per heavy atom. The van der Waals surface area contributed by atoms with Crippen molar-refractivity contribution < 1.29 is 14.3 Å². The summed E-state index contributed by atoms with van der Waals surface area (Å²) in [5.41, 5.74) is 3.11. The summed E-state index contributed by atoms with van der Waals surface area (Å²) < 4.78 is 8.94. The molecule has 1 aliphatic heterocycles. The highest BCUT2D eigenvalue weighted by atomic mass is 32.1. The van der Waals surface area contributed by atoms with Crippen molar-refractivity contribution >= 4 is 39.4 Å². The molecule has 4 aromatic heterocycles. The van der Waals surface area contributed by atoms with Crippen LogP contribution in [-0.2, 0) is 16.6 Å². The molecule has 0 radical (unpaired) electrons. The Kier molecular flexibility index (Phi) is 6.32. The summed E-state index contributed by atoms with van der Waals surface area (Å²) >= 11 is 1.47. The van der Waals surface area contributed by atoms with E-state index in [9.17, 15) is 9.59 Å². The lowest BCUT2D eigenvalue weighted by molar-refractivity contribution is -0.119. The quantitative estimate of drug-likeness (QED) is 0.423. The van der Waals surface area contributed by atoms with Crippen LogP contribution in [-0.4, -0.2) is 73.4 Å². The van der Waals surface area contributed by atoms with Gasteiger partial charge in [-0.3, -0.25) is 24.2 Å². The Bertz CT molecular complexity index is 1390. The third-order valence-electron chi connectivity index (χ3n) is 5.74. The number of pyridine rings is 1. The zero-order chi connectivity index (χ0) is 24.5. The Morgan fingerprint density at radius 1 is 1.20 bits per heavy atom. The van der Waals surface area contributed by atoms with Crippen LogP contribution < -0.4 is 10.6 Å². The third kappa shape index (κ3) is 5.09. The first kappa shape index (κ1) is 23.1. The van der Waals surface area contributed by atoms with E-state index < -0.39 is 0 Å². The fourth-order valence-corrected chi connectivity index (χ4v) is 5.01. The number of hydrogen-bond acceptors (Lipinski definition) is 8. The van der Waals surface area contributed by atoms with Crippen molar-refractivity contribution in [1.29, 1.82) is 0 Å². The van der Waals surface area contributed by atoms with Gasteiger partial charge in [0.15, 0.2) is 0 Å². The van der Waals surface area contributed by atoms with Crippen molar-refractivity contribution in [2.75, 3.05) is 36.9 Å². The summed E-state index contributed by atoms with van der Waals surface area (Å²) in [5.74, 6) is -0.433. The van der Waals surface area contributed by atoms with Gasteiger partial charge in [-0.1, -0.05) is 0 Å². The molecule has 1 fully saturated rings. The molecule has 1 saturated heterocycles. The van der Waals surface area contributed by atoms with E-state index in [4.69, 9.17) is 4.74 Å². The number of aromatic nitrogens is 5. The summed E-state index contributed by atoms with van der Waals surface area (Å²) in [5, 5.41) is 14.3. The van der Waals surface area contributed by atoms with Crippen LogP contribution in [0.2, 0.25) is 0 Å². The van der Waals surface area contributed by atoms with Gasteiger partial charge in [-0.15, -0.1) is 11.3 Å². The van der Waals surface area contributed by atoms with Gasteiger partial charge in [0.25, 0.3) is 5.91 Å². The van der Waals surface area contributed by atoms with Crippen molar-refractivity contribution in [2.45, 2.75) is 20.0 Å². The maximum atomic E-state index is 13.1. The maximum Gasteiger partial charge on any atom is 0.260 e. The Labute approximate surface area is 205 Å². The number of ether oxygens (including phenoxy) is 1. The molecule has 182 valence electrons. The zero-order valence-electron chi connectivity index (χ0n) is 19.7. The number of thiazole rings is 1. The van der Waals surface area contributed by atoms with E-state index in [2.05, 4.69) is 30.7 Å². The topological polar surface area (TPSA) is 119 Å². The molecule has 5 rings (SSSR count). The van der Waals surface area contributed by atoms with Crippen LogP contribution in [0, 0.1) is 6.92 Å². The molecule has 0 aromatic carbocycles. The smallest absolute Gasteiger partial charge is 0.260 e. The summed E-state index contributed by atoms with van der Waals surface area (Å²) in [4.78, 5) is 33.7. The van der Waals surface area contributed by atoms with Gasteiger partial charge in [0.1, 0.15) is 4.83 Å². The lowest BCUT2D eigenvalue weighted by Crippen LogP contribution is -2.44. The number of fused-ring (bicyclic) bond motifs is 1. The summed E-state index contributed by atoms with van der Waals surface area (Å²) in [6.45, 7) is 6.12. The lowest BCUT2D eigenvalue weighted by Gasteiger charge is -2.30. The Morgan fingerprint density at radius 2 is 2.06 bits per heavy atom. The van der Waals surface area contributed by atoms with Gasteiger partial charge in [0.05, 0.1) is 65.4 Å². The van der Waals surface area contributed by atoms with Crippen LogP contribution in [0.25, 0.3) is 15.3 Å². The second-order valence-corrected chi connectivity index (χ2v) is 9.61. The lowest BCUT2D eigenvalue weighted by atomic mass is 10.2. The molecule has 1 aliphatic rings. The highest BCUT2D eigenvalue weighted by Gasteiger charge is 2.20. The molecule has 1 atom stereocenters. The van der Waals surface area contributed by atoms with Crippen LogP contribution in [0.3, 0.4) is 0 Å². The van der Waals surface area contributed by atoms with E-state index in [0.717, 1.165) is 21.8 Å². The van der Waals surface area contributed by atoms with Gasteiger partial charge < -0.3 is 15.4 Å². The molecular weight excluding hydrogens is 468 g/mol. The van der Waals surface area contributed by atoms with Crippen molar-refractivity contribution in [2.24, 2.45) is 7.05 Å². The Hall–Kier alpha value is -3.61. The molecule has 35 heavy (non-hydrogen) atoms. The van der Waals surface area contributed by atoms with Gasteiger partial charge in [-0.2, -0.15) is 10.2 Å². The number of morpholine rings is 1. The number of nitrogens with zero attached hydrogens (tertiary/aromatic N) is 6. The number of hydrogen-bond donors (Lipinski definition) is 2. The molecule has 12 heteroatoms. The van der Waals surface area contributed by atoms with Crippen LogP contribution in [0.15, 0.2) is 37.1 Å². The van der Waals surface area contributed by atoms with Crippen LogP contribution in [0.4, 0.5) is 11.4 Å². The second kappa shape index (κ2) is 9.56. The van der Waals surface area contributed by atoms with Crippen molar-refractivity contribution in [3.63, 3.8) is 0 Å². The molecule has 2 N–H and O–H groups in total. The molecule has 11 nitrogen and oxygen atoms in total. The van der Waals surface area contributed by atoms with Crippen LogP contribution >= 0.6 is 11.3 Å². The van der Waals surface area contributed by atoms with E-state index in [1.807, 2.05) is 26.4 Å². The van der Waals surface area contributed by atoms with Gasteiger partial charge in [0.2, 0.25) is 5.91 Å². The fourth-order valence-electron chi connectivity index (χ4n) is 3.98. The second-order valence-electron chi connectivity index (χ2n) is 8.58. The monoisotopic (exact) mass is 494 g/mol. The Balaban J connectivity index is 1.29. The van der Waals surface area contributed by atoms with Gasteiger partial charge >= 0.3 is 0 Å². The number of rotatable bonds is 6. The normalized spacial score (nSPS) is 16.5. The fraction of sp³-hybridized carbons (Fsp3) is 0.348. The van der Waals surface area contributed by atoms with Crippen molar-refractivity contribution in [3.05, 3.63) is 48.3 Å². The molecule has 0 bridgehead atoms. The van der Waals surface area contributed by atoms with E-state index >= 15 is 0 Å². The average Bonchev–Trinajstić information content (AvgIpc) is 3.51. The predicted molar refractivity (Wildman–Crippen MR) is 133 cm³/mol. The largest absolute Gasteiger partial charge is 0.376 e. The standard InChI is InChI=1S/C23H26N8O3S/c1-14-10-30(4-5-34-14)13-21(32)27-17-6-19(15(2)24-8-17)28-22(33)18-9-26-31-12-20(35-23(18)31)16-7-25-29(3)11-16/h6-9,11-12,14H,4-5,10,13H2,1-3H3,(H,27,32)(H,28,33)/t14-/m1/s1. The molecular formula is C23H26N8O3S. The number of nitrogens with one attached hydrogen (secondary N) is 2. The minimum Gasteiger partial charge on any atom is -0.376 e. The molecule has 4 aromatic rings. The van der Waals surface area contributed by atoms with Gasteiger partial charge in [-0.05, 0) is 19.9 Å². The number of anilines is 2. The number of carbonyl (C=O) groups excluding carboxylic acids is 2. The van der Waals surface area contributed by atoms with E-state index in [0.29, 0.717) is 35.8 Å². The molecule has 0 saturated carbocycles. The van der Waals surface area contributed by atoms with E-state index in [1.165, 1.54) is 11.3 Å². The SMILES string of the molecule is Cc1ncc(NC(=O)CN2CCO[C@H](C)C2)cc1NC(=O)c1cnn2cc(-c3cnn(C)c3)sc12. The summed E-state index contributed by atoms with van der Waals surface area (Å²) in [7, 11) is 1.86. The number of carbonyl (C=O) groups is 2. The summed E-state index contributed by atoms with van der Waals surface area (Å²) in [6, 6.07) is 1.72. The highest BCUT2D eigenvalue weighted by molar-refractivity contribution is 7.21. The molecule has 5 heterocycles. The molecule has 0 spiro atoms. The highest BCUT2D eigenvalue weighted by Crippen LogP contribution is 2.30. The van der Waals surface area contributed by atoms with Crippen LogP contribution in [0.1, 0.15) is 23.0 Å². The number of aryl methyl sites for hydroxylation is 2. The minimum atomic E-state index is -0.296. The number of amides is 2. The van der Waals surface area contributed by atoms with E-state index in [1.54, 1.807) is 40.8 Å². The first-order chi connectivity index (χ1) is 16.9. The minimum absolute atomic E-state index is 0.110. The summed E-state index contributed by atoms with van der Waals surface area (Å²) in [6.07, 6.45) is 8.82. The molecule has 2 amide bonds. The first-order valence-electron chi connectivity index (χ1n) is 11.2. The van der Waals surface area contributed by atoms with Crippen LogP contribution in [0.5, 0.6) is 0 Å². The van der Waals surface area contributed by atoms with Gasteiger partial charge in [0, 0.05) is 38.1 Å². The van der Waals surface area contributed by atoms with E-state index in [-0.39, 0.29) is 24.5 Å². The van der Waals surface area contributed by atoms with Crippen molar-refractivity contribution in [1.82, 2.24) is 29.3 Å². The van der Waals surface area contributed by atoms with Gasteiger partial charge in [-0.25, -0.2) is 4.52 Å². The third-order valence-corrected chi connectivity index (χ3v) is 6.90. The maximum absolute atomic E-state index is 13.1. The first-order valence-corrected chi connectivity index (χ1v) is 12.1. The molecule has 0 aliphatic carbocycles. The zero-order valence-corrected chi connectivity index (χ0v) is 20.5. The predicted octanol–water partition coefficient (Wildman–Crippen LogP) is 2.41.